The van der Waals surface area contributed by atoms with Crippen LogP contribution in [0, 0.1) is 0 Å². The second-order valence-corrected chi connectivity index (χ2v) is 9.62. The van der Waals surface area contributed by atoms with Crippen molar-refractivity contribution in [1.82, 2.24) is 9.97 Å². The Balaban J connectivity index is 1.31. The first-order chi connectivity index (χ1) is 18.2. The van der Waals surface area contributed by atoms with E-state index in [1.54, 1.807) is 42.4 Å². The predicted molar refractivity (Wildman–Crippen MR) is 142 cm³/mol. The fourth-order valence-corrected chi connectivity index (χ4v) is 4.89. The highest BCUT2D eigenvalue weighted by molar-refractivity contribution is 7.99. The quantitative estimate of drug-likeness (QED) is 0.235. The number of nitrogens with one attached hydrogen (secondary N) is 1. The molecule has 0 aliphatic carbocycles. The first-order valence-corrected chi connectivity index (χ1v) is 13.0. The lowest BCUT2D eigenvalue weighted by Gasteiger charge is -2.36. The van der Waals surface area contributed by atoms with Crippen LogP contribution < -0.4 is 5.32 Å². The lowest BCUT2D eigenvalue weighted by atomic mass is 10.0. The van der Waals surface area contributed by atoms with Gasteiger partial charge in [-0.25, -0.2) is 9.97 Å². The maximum atomic E-state index is 12.5. The number of carbonyl (C=O) groups excluding carboxylic acids is 1. The SMILES string of the molecule is O=C(Nc1ccc(C2OC(CSc3ncccn3)CC(c3ccc(CO)cc3)O2)cc1)c1ccccc1. The molecule has 3 unspecified atom stereocenters. The van der Waals surface area contributed by atoms with Crippen LogP contribution in [0.15, 0.2) is 102 Å². The molecule has 0 bridgehead atoms. The van der Waals surface area contributed by atoms with Crippen LogP contribution in [0.3, 0.4) is 0 Å². The summed E-state index contributed by atoms with van der Waals surface area (Å²) < 4.78 is 12.7. The third kappa shape index (κ3) is 6.61. The number of hydrogen-bond donors (Lipinski definition) is 2. The Morgan fingerprint density at radius 3 is 2.30 bits per heavy atom. The number of rotatable bonds is 8. The molecule has 7 nitrogen and oxygen atoms in total. The Morgan fingerprint density at radius 2 is 1.59 bits per heavy atom. The number of benzene rings is 3. The minimum atomic E-state index is -0.572. The molecular weight excluding hydrogens is 486 g/mol. The summed E-state index contributed by atoms with van der Waals surface area (Å²) in [6, 6.07) is 26.2. The van der Waals surface area contributed by atoms with Gasteiger partial charge in [0.25, 0.3) is 5.91 Å². The number of ether oxygens (including phenoxy) is 2. The largest absolute Gasteiger partial charge is 0.392 e. The van der Waals surface area contributed by atoms with Crippen molar-refractivity contribution in [2.24, 2.45) is 0 Å². The third-order valence-electron chi connectivity index (χ3n) is 6.03. The number of aliphatic hydroxyl groups excluding tert-OH is 1. The lowest BCUT2D eigenvalue weighted by molar-refractivity contribution is -0.245. The summed E-state index contributed by atoms with van der Waals surface area (Å²) in [6.07, 6.45) is 3.30. The molecule has 4 aromatic rings. The Labute approximate surface area is 219 Å². The van der Waals surface area contributed by atoms with Crippen molar-refractivity contribution in [3.8, 4) is 0 Å². The number of thioether (sulfide) groups is 1. The van der Waals surface area contributed by atoms with E-state index >= 15 is 0 Å². The molecule has 1 aromatic heterocycles. The van der Waals surface area contributed by atoms with Crippen LogP contribution in [0.1, 0.15) is 45.9 Å². The molecule has 1 aliphatic rings. The summed E-state index contributed by atoms with van der Waals surface area (Å²) in [6.45, 7) is 0.00103. The monoisotopic (exact) mass is 513 g/mol. The fourth-order valence-electron chi connectivity index (χ4n) is 4.07. The lowest BCUT2D eigenvalue weighted by Crippen LogP contribution is -2.31. The fraction of sp³-hybridized carbons (Fsp3) is 0.207. The van der Waals surface area contributed by atoms with Gasteiger partial charge in [0, 0.05) is 41.4 Å². The van der Waals surface area contributed by atoms with Gasteiger partial charge in [-0.1, -0.05) is 66.4 Å². The maximum Gasteiger partial charge on any atom is 0.255 e. The highest BCUT2D eigenvalue weighted by Crippen LogP contribution is 2.39. The standard InChI is InChI=1S/C29H27N3O4S/c33-18-20-7-9-21(10-8-20)26-17-25(19-37-29-30-15-4-16-31-29)35-28(36-26)23-11-13-24(14-12-23)32-27(34)22-5-2-1-3-6-22/h1-16,25-26,28,33H,17-19H2,(H,32,34). The van der Waals surface area contributed by atoms with Gasteiger partial charge in [0.05, 0.1) is 18.8 Å². The topological polar surface area (TPSA) is 93.6 Å². The summed E-state index contributed by atoms with van der Waals surface area (Å²) >= 11 is 1.55. The molecule has 2 N–H and O–H groups in total. The van der Waals surface area contributed by atoms with Crippen LogP contribution in [0.2, 0.25) is 0 Å². The molecule has 2 heterocycles. The van der Waals surface area contributed by atoms with Crippen molar-refractivity contribution in [3.05, 3.63) is 120 Å². The van der Waals surface area contributed by atoms with Gasteiger partial charge in [-0.05, 0) is 41.5 Å². The first-order valence-electron chi connectivity index (χ1n) is 12.0. The summed E-state index contributed by atoms with van der Waals surface area (Å²) in [5.74, 6) is 0.519. The summed E-state index contributed by atoms with van der Waals surface area (Å²) in [7, 11) is 0. The molecule has 188 valence electrons. The van der Waals surface area contributed by atoms with E-state index in [9.17, 15) is 9.90 Å². The van der Waals surface area contributed by atoms with Gasteiger partial charge in [-0.3, -0.25) is 4.79 Å². The predicted octanol–water partition coefficient (Wildman–Crippen LogP) is 5.56. The number of hydrogen-bond acceptors (Lipinski definition) is 7. The Bertz CT molecular complexity index is 1290. The molecule has 1 amide bonds. The van der Waals surface area contributed by atoms with Crippen LogP contribution in [-0.2, 0) is 16.1 Å². The highest BCUT2D eigenvalue weighted by Gasteiger charge is 2.32. The highest BCUT2D eigenvalue weighted by atomic mass is 32.2. The van der Waals surface area contributed by atoms with E-state index in [1.165, 1.54) is 0 Å². The zero-order chi connectivity index (χ0) is 25.5. The maximum absolute atomic E-state index is 12.5. The third-order valence-corrected chi connectivity index (χ3v) is 7.04. The molecule has 1 fully saturated rings. The van der Waals surface area contributed by atoms with Gasteiger partial charge in [0.1, 0.15) is 0 Å². The number of aliphatic hydroxyl groups is 1. The molecule has 3 aromatic carbocycles. The van der Waals surface area contributed by atoms with Crippen molar-refractivity contribution in [3.63, 3.8) is 0 Å². The van der Waals surface area contributed by atoms with Crippen molar-refractivity contribution < 1.29 is 19.4 Å². The molecule has 37 heavy (non-hydrogen) atoms. The van der Waals surface area contributed by atoms with E-state index in [2.05, 4.69) is 15.3 Å². The molecule has 0 spiro atoms. The Kier molecular flexibility index (Phi) is 8.22. The Hall–Kier alpha value is -3.56. The van der Waals surface area contributed by atoms with Crippen LogP contribution in [0.25, 0.3) is 0 Å². The van der Waals surface area contributed by atoms with Crippen molar-refractivity contribution in [2.45, 2.75) is 36.7 Å². The minimum Gasteiger partial charge on any atom is -0.392 e. The molecule has 8 heteroatoms. The Morgan fingerprint density at radius 1 is 0.892 bits per heavy atom. The molecule has 0 saturated carbocycles. The summed E-state index contributed by atoms with van der Waals surface area (Å²) in [5.41, 5.74) is 4.04. The van der Waals surface area contributed by atoms with Gasteiger partial charge in [-0.15, -0.1) is 0 Å². The smallest absolute Gasteiger partial charge is 0.255 e. The number of carbonyl (C=O) groups is 1. The minimum absolute atomic E-state index is 0.00103. The van der Waals surface area contributed by atoms with Crippen LogP contribution in [0.4, 0.5) is 5.69 Å². The number of amides is 1. The summed E-state index contributed by atoms with van der Waals surface area (Å²) in [4.78, 5) is 21.1. The van der Waals surface area contributed by atoms with E-state index in [0.717, 1.165) is 16.7 Å². The van der Waals surface area contributed by atoms with Gasteiger partial charge < -0.3 is 19.9 Å². The van der Waals surface area contributed by atoms with Crippen molar-refractivity contribution >= 4 is 23.4 Å². The molecular formula is C29H27N3O4S. The van der Waals surface area contributed by atoms with Gasteiger partial charge >= 0.3 is 0 Å². The second kappa shape index (κ2) is 12.1. The molecule has 0 radical (unpaired) electrons. The van der Waals surface area contributed by atoms with E-state index < -0.39 is 6.29 Å². The number of anilines is 1. The van der Waals surface area contributed by atoms with E-state index in [0.29, 0.717) is 28.6 Å². The van der Waals surface area contributed by atoms with Crippen LogP contribution in [-0.4, -0.2) is 32.8 Å². The summed E-state index contributed by atoms with van der Waals surface area (Å²) in [5, 5.41) is 13.0. The molecule has 5 rings (SSSR count). The van der Waals surface area contributed by atoms with Gasteiger partial charge in [0.15, 0.2) is 11.4 Å². The normalized spacial score (nSPS) is 19.3. The number of aromatic nitrogens is 2. The number of nitrogens with zero attached hydrogens (tertiary/aromatic N) is 2. The van der Waals surface area contributed by atoms with E-state index in [-0.39, 0.29) is 24.7 Å². The average molecular weight is 514 g/mol. The van der Waals surface area contributed by atoms with E-state index in [4.69, 9.17) is 9.47 Å². The van der Waals surface area contributed by atoms with Crippen LogP contribution in [0.5, 0.6) is 0 Å². The average Bonchev–Trinajstić information content (AvgIpc) is 2.97. The molecule has 1 saturated heterocycles. The second-order valence-electron chi connectivity index (χ2n) is 8.63. The first kappa shape index (κ1) is 25.1. The van der Waals surface area contributed by atoms with Gasteiger partial charge in [-0.2, -0.15) is 0 Å². The molecule has 3 atom stereocenters. The zero-order valence-electron chi connectivity index (χ0n) is 20.1. The van der Waals surface area contributed by atoms with Crippen molar-refractivity contribution in [2.75, 3.05) is 11.1 Å². The van der Waals surface area contributed by atoms with E-state index in [1.807, 2.05) is 66.7 Å². The van der Waals surface area contributed by atoms with Crippen LogP contribution >= 0.6 is 11.8 Å². The van der Waals surface area contributed by atoms with Gasteiger partial charge in [0.2, 0.25) is 0 Å². The molecule has 1 aliphatic heterocycles. The zero-order valence-corrected chi connectivity index (χ0v) is 20.9. The van der Waals surface area contributed by atoms with Crippen molar-refractivity contribution in [1.29, 1.82) is 0 Å².